The number of hydrogen-bond acceptors (Lipinski definition) is 6. The molecule has 0 spiro atoms. The highest BCUT2D eigenvalue weighted by atomic mass is 16.5. The largest absolute Gasteiger partial charge is 0.454 e. The van der Waals surface area contributed by atoms with Gasteiger partial charge in [-0.1, -0.05) is 31.9 Å². The van der Waals surface area contributed by atoms with E-state index < -0.39 is 42.5 Å². The molecule has 1 aliphatic heterocycles. The molecule has 0 aliphatic carbocycles. The number of esters is 1. The Balaban J connectivity index is 1.81. The van der Waals surface area contributed by atoms with Crippen molar-refractivity contribution >= 4 is 29.5 Å². The Morgan fingerprint density at radius 1 is 1.28 bits per heavy atom. The van der Waals surface area contributed by atoms with Crippen molar-refractivity contribution in [2.75, 3.05) is 18.5 Å². The number of imide groups is 1. The van der Waals surface area contributed by atoms with Gasteiger partial charge in [-0.2, -0.15) is 5.26 Å². The molecule has 2 rings (SSSR count). The van der Waals surface area contributed by atoms with Crippen molar-refractivity contribution in [3.8, 4) is 6.07 Å². The number of hydrogen-bond donors (Lipinski definition) is 2. The number of unbranched alkanes of at least 4 members (excludes halogenated alkanes) is 1. The van der Waals surface area contributed by atoms with Crippen molar-refractivity contribution < 1.29 is 23.9 Å². The molecule has 0 unspecified atom stereocenters. The standard InChI is InChI=1S/C20H24N4O5/c1-3-4-10-20(2)18(27)24(19(28)23-20)12-17(26)29-13-16(25)22-15-7-5-14(6-8-15)9-11-21/h5-8H,3-4,9-10,12-13H2,1-2H3,(H,22,25)(H,23,28)/t20-/m1/s1. The molecule has 4 amide bonds. The van der Waals surface area contributed by atoms with E-state index in [1.807, 2.05) is 13.0 Å². The number of nitriles is 1. The molecule has 29 heavy (non-hydrogen) atoms. The van der Waals surface area contributed by atoms with Crippen molar-refractivity contribution in [2.45, 2.75) is 45.1 Å². The molecular formula is C20H24N4O5. The fraction of sp³-hybridized carbons (Fsp3) is 0.450. The first-order valence-electron chi connectivity index (χ1n) is 9.34. The van der Waals surface area contributed by atoms with Crippen molar-refractivity contribution in [3.63, 3.8) is 0 Å². The number of anilines is 1. The van der Waals surface area contributed by atoms with E-state index in [0.29, 0.717) is 12.1 Å². The molecule has 1 saturated heterocycles. The molecule has 2 N–H and O–H groups in total. The number of ether oxygens (including phenoxy) is 1. The molecule has 154 valence electrons. The Labute approximate surface area is 169 Å². The minimum atomic E-state index is -1.03. The third-order valence-corrected chi connectivity index (χ3v) is 4.55. The van der Waals surface area contributed by atoms with Crippen LogP contribution in [0.1, 0.15) is 38.7 Å². The summed E-state index contributed by atoms with van der Waals surface area (Å²) in [6, 6.07) is 8.06. The number of rotatable bonds is 9. The first-order valence-corrected chi connectivity index (χ1v) is 9.34. The molecule has 9 nitrogen and oxygen atoms in total. The monoisotopic (exact) mass is 400 g/mol. The number of nitrogens with one attached hydrogen (secondary N) is 2. The first kappa shape index (κ1) is 21.9. The van der Waals surface area contributed by atoms with Crippen LogP contribution in [0.25, 0.3) is 0 Å². The van der Waals surface area contributed by atoms with Gasteiger partial charge in [-0.05, 0) is 31.0 Å². The van der Waals surface area contributed by atoms with Crippen molar-refractivity contribution in [1.82, 2.24) is 10.2 Å². The second-order valence-corrected chi connectivity index (χ2v) is 7.00. The summed E-state index contributed by atoms with van der Waals surface area (Å²) in [7, 11) is 0. The zero-order chi connectivity index (χ0) is 21.4. The normalized spacial score (nSPS) is 18.2. The van der Waals surface area contributed by atoms with Crippen LogP contribution in [0.15, 0.2) is 24.3 Å². The highest BCUT2D eigenvalue weighted by molar-refractivity contribution is 6.08. The topological polar surface area (TPSA) is 129 Å². The molecule has 1 aliphatic rings. The molecular weight excluding hydrogens is 376 g/mol. The van der Waals surface area contributed by atoms with E-state index in [1.165, 1.54) is 0 Å². The SMILES string of the molecule is CCCC[C@@]1(C)NC(=O)N(CC(=O)OCC(=O)Nc2ccc(CC#N)cc2)C1=O. The second-order valence-electron chi connectivity index (χ2n) is 7.00. The molecule has 0 radical (unpaired) electrons. The van der Waals surface area contributed by atoms with E-state index in [4.69, 9.17) is 10.00 Å². The summed E-state index contributed by atoms with van der Waals surface area (Å²) in [6.45, 7) is 2.51. The van der Waals surface area contributed by atoms with Gasteiger partial charge in [0, 0.05) is 5.69 Å². The average Bonchev–Trinajstić information content (AvgIpc) is 2.90. The predicted molar refractivity (Wildman–Crippen MR) is 104 cm³/mol. The summed E-state index contributed by atoms with van der Waals surface area (Å²) in [6.07, 6.45) is 2.39. The van der Waals surface area contributed by atoms with Gasteiger partial charge in [0.25, 0.3) is 11.8 Å². The van der Waals surface area contributed by atoms with Crippen LogP contribution in [-0.2, 0) is 25.5 Å². The zero-order valence-corrected chi connectivity index (χ0v) is 16.5. The molecule has 1 fully saturated rings. The summed E-state index contributed by atoms with van der Waals surface area (Å²) in [5.74, 6) is -1.89. The van der Waals surface area contributed by atoms with E-state index in [1.54, 1.807) is 31.2 Å². The Morgan fingerprint density at radius 2 is 1.97 bits per heavy atom. The van der Waals surface area contributed by atoms with E-state index in [9.17, 15) is 19.2 Å². The smallest absolute Gasteiger partial charge is 0.326 e. The highest BCUT2D eigenvalue weighted by Crippen LogP contribution is 2.23. The number of benzene rings is 1. The van der Waals surface area contributed by atoms with E-state index in [-0.39, 0.29) is 6.42 Å². The van der Waals surface area contributed by atoms with Gasteiger partial charge in [0.05, 0.1) is 12.5 Å². The second kappa shape index (κ2) is 9.68. The van der Waals surface area contributed by atoms with Gasteiger partial charge in [0.15, 0.2) is 6.61 Å². The maximum atomic E-state index is 12.5. The average molecular weight is 400 g/mol. The fourth-order valence-electron chi connectivity index (χ4n) is 2.91. The van der Waals surface area contributed by atoms with Gasteiger partial charge < -0.3 is 15.4 Å². The van der Waals surface area contributed by atoms with Crippen LogP contribution in [0.2, 0.25) is 0 Å². The molecule has 1 aromatic carbocycles. The third-order valence-electron chi connectivity index (χ3n) is 4.55. The van der Waals surface area contributed by atoms with Crippen LogP contribution in [0.3, 0.4) is 0 Å². The summed E-state index contributed by atoms with van der Waals surface area (Å²) in [4.78, 5) is 49.2. The molecule has 1 heterocycles. The third kappa shape index (κ3) is 5.78. The number of nitrogens with zero attached hydrogens (tertiary/aromatic N) is 2. The quantitative estimate of drug-likeness (QED) is 0.480. The van der Waals surface area contributed by atoms with Crippen LogP contribution in [0, 0.1) is 11.3 Å². The maximum absolute atomic E-state index is 12.5. The van der Waals surface area contributed by atoms with Crippen molar-refractivity contribution in [1.29, 1.82) is 5.26 Å². The van der Waals surface area contributed by atoms with Crippen LogP contribution in [0.4, 0.5) is 10.5 Å². The van der Waals surface area contributed by atoms with Gasteiger partial charge in [-0.25, -0.2) is 4.79 Å². The Bertz CT molecular complexity index is 830. The lowest BCUT2D eigenvalue weighted by atomic mass is 9.95. The van der Waals surface area contributed by atoms with E-state index >= 15 is 0 Å². The minimum Gasteiger partial charge on any atom is -0.454 e. The molecule has 0 saturated carbocycles. The summed E-state index contributed by atoms with van der Waals surface area (Å²) in [5.41, 5.74) is 0.285. The van der Waals surface area contributed by atoms with E-state index in [0.717, 1.165) is 23.3 Å². The maximum Gasteiger partial charge on any atom is 0.326 e. The number of carbonyl (C=O) groups excluding carboxylic acids is 4. The molecule has 1 aromatic rings. The van der Waals surface area contributed by atoms with Crippen molar-refractivity contribution in [2.24, 2.45) is 0 Å². The zero-order valence-electron chi connectivity index (χ0n) is 16.5. The number of urea groups is 1. The number of carbonyl (C=O) groups is 4. The fourth-order valence-corrected chi connectivity index (χ4v) is 2.91. The van der Waals surface area contributed by atoms with Gasteiger partial charge in [-0.15, -0.1) is 0 Å². The highest BCUT2D eigenvalue weighted by Gasteiger charge is 2.47. The van der Waals surface area contributed by atoms with Crippen molar-refractivity contribution in [3.05, 3.63) is 29.8 Å². The summed E-state index contributed by atoms with van der Waals surface area (Å²) < 4.78 is 4.88. The van der Waals surface area contributed by atoms with Crippen LogP contribution in [-0.4, -0.2) is 47.4 Å². The Kier molecular flexibility index (Phi) is 7.31. The summed E-state index contributed by atoms with van der Waals surface area (Å²) in [5, 5.41) is 13.8. The Morgan fingerprint density at radius 3 is 2.59 bits per heavy atom. The lowest BCUT2D eigenvalue weighted by molar-refractivity contribution is -0.150. The lowest BCUT2D eigenvalue weighted by Crippen LogP contribution is -2.44. The molecule has 0 aromatic heterocycles. The van der Waals surface area contributed by atoms with Crippen LogP contribution < -0.4 is 10.6 Å². The minimum absolute atomic E-state index is 0.270. The molecule has 1 atom stereocenters. The lowest BCUT2D eigenvalue weighted by Gasteiger charge is -2.21. The summed E-state index contributed by atoms with van der Waals surface area (Å²) >= 11 is 0. The van der Waals surface area contributed by atoms with Crippen LogP contribution >= 0.6 is 0 Å². The Hall–Kier alpha value is -3.41. The predicted octanol–water partition coefficient (Wildman–Crippen LogP) is 1.74. The molecule has 9 heteroatoms. The first-order chi connectivity index (χ1) is 13.8. The van der Waals surface area contributed by atoms with Gasteiger partial charge >= 0.3 is 12.0 Å². The van der Waals surface area contributed by atoms with Gasteiger partial charge in [0.2, 0.25) is 0 Å². The van der Waals surface area contributed by atoms with Gasteiger partial charge in [0.1, 0.15) is 12.1 Å². The van der Waals surface area contributed by atoms with Crippen LogP contribution in [0.5, 0.6) is 0 Å². The van der Waals surface area contributed by atoms with E-state index in [2.05, 4.69) is 10.6 Å². The number of amides is 4. The molecule has 0 bridgehead atoms. The van der Waals surface area contributed by atoms with Gasteiger partial charge in [-0.3, -0.25) is 19.3 Å².